The average molecular weight is 380 g/mol. The predicted molar refractivity (Wildman–Crippen MR) is 102 cm³/mol. The zero-order chi connectivity index (χ0) is 18.4. The first-order valence-corrected chi connectivity index (χ1v) is 10.2. The van der Waals surface area contributed by atoms with Gasteiger partial charge in [-0.3, -0.25) is 4.79 Å². The Hall–Kier alpha value is -2.43. The quantitative estimate of drug-likeness (QED) is 0.881. The number of nitrogens with one attached hydrogen (secondary N) is 1. The van der Waals surface area contributed by atoms with Gasteiger partial charge in [0.1, 0.15) is 5.82 Å². The molecule has 1 amide bonds. The van der Waals surface area contributed by atoms with Crippen LogP contribution < -0.4 is 10.2 Å². The molecule has 0 aliphatic carbocycles. The number of aromatic nitrogens is 1. The highest BCUT2D eigenvalue weighted by Gasteiger charge is 2.63. The van der Waals surface area contributed by atoms with Crippen LogP contribution in [-0.4, -0.2) is 42.2 Å². The zero-order valence-corrected chi connectivity index (χ0v) is 15.6. The Morgan fingerprint density at radius 3 is 3.26 bits per heavy atom. The Morgan fingerprint density at radius 1 is 1.52 bits per heavy atom. The van der Waals surface area contributed by atoms with Crippen LogP contribution in [0.4, 0.5) is 5.82 Å². The molecular weight excluding hydrogens is 360 g/mol. The lowest BCUT2D eigenvalue weighted by Gasteiger charge is -2.29. The van der Waals surface area contributed by atoms with Crippen LogP contribution >= 0.6 is 11.3 Å². The standard InChI is InChI=1S/C20H20N4O2S/c21-9-13-4-6-22-18(8-13)24-11-15-14(16-3-5-20(15,12-24)26-16)10-23-19(25)17-2-1-7-27-17/h1-2,4,6-8,14-16H,3,5,10-12H2,(H,23,25)/t14-,15+,16+,20+/m0/s1. The smallest absolute Gasteiger partial charge is 0.261 e. The molecule has 2 aromatic heterocycles. The molecule has 1 spiro atoms. The lowest BCUT2D eigenvalue weighted by molar-refractivity contribution is 0.0141. The molecule has 6 nitrogen and oxygen atoms in total. The van der Waals surface area contributed by atoms with E-state index in [4.69, 9.17) is 10.00 Å². The third-order valence-corrected chi connectivity index (χ3v) is 7.09. The molecule has 4 atom stereocenters. The molecule has 3 saturated heterocycles. The van der Waals surface area contributed by atoms with Crippen LogP contribution in [0.3, 0.4) is 0 Å². The summed E-state index contributed by atoms with van der Waals surface area (Å²) in [6, 6.07) is 9.50. The first-order chi connectivity index (χ1) is 13.2. The molecule has 0 aromatic carbocycles. The number of rotatable bonds is 4. The summed E-state index contributed by atoms with van der Waals surface area (Å²) < 4.78 is 6.44. The van der Waals surface area contributed by atoms with Crippen LogP contribution in [0, 0.1) is 23.2 Å². The number of pyridine rings is 1. The number of anilines is 1. The molecule has 0 radical (unpaired) electrons. The Labute approximate surface area is 161 Å². The third-order valence-electron chi connectivity index (χ3n) is 6.23. The minimum Gasteiger partial charge on any atom is -0.369 e. The van der Waals surface area contributed by atoms with E-state index < -0.39 is 0 Å². The van der Waals surface area contributed by atoms with E-state index in [1.807, 2.05) is 23.6 Å². The number of ether oxygens (including phenoxy) is 1. The highest BCUT2D eigenvalue weighted by Crippen LogP contribution is 2.55. The highest BCUT2D eigenvalue weighted by molar-refractivity contribution is 7.12. The van der Waals surface area contributed by atoms with Gasteiger partial charge in [0, 0.05) is 37.7 Å². The number of hydrogen-bond donors (Lipinski definition) is 1. The number of nitriles is 1. The number of hydrogen-bond acceptors (Lipinski definition) is 6. The topological polar surface area (TPSA) is 78.3 Å². The van der Waals surface area contributed by atoms with Gasteiger partial charge in [0.15, 0.2) is 0 Å². The molecule has 3 aliphatic rings. The minimum absolute atomic E-state index is 0.0000598. The number of nitrogens with zero attached hydrogens (tertiary/aromatic N) is 3. The summed E-state index contributed by atoms with van der Waals surface area (Å²) in [5.41, 5.74) is 0.493. The number of amides is 1. The maximum Gasteiger partial charge on any atom is 0.261 e. The van der Waals surface area contributed by atoms with Gasteiger partial charge < -0.3 is 15.0 Å². The van der Waals surface area contributed by atoms with Gasteiger partial charge in [-0.15, -0.1) is 11.3 Å². The van der Waals surface area contributed by atoms with Crippen molar-refractivity contribution in [2.75, 3.05) is 24.5 Å². The molecule has 3 fully saturated rings. The molecule has 5 rings (SSSR count). The Balaban J connectivity index is 1.32. The van der Waals surface area contributed by atoms with Gasteiger partial charge in [-0.1, -0.05) is 6.07 Å². The van der Waals surface area contributed by atoms with Crippen molar-refractivity contribution >= 4 is 23.1 Å². The van der Waals surface area contributed by atoms with E-state index in [-0.39, 0.29) is 17.6 Å². The van der Waals surface area contributed by atoms with E-state index in [0.29, 0.717) is 23.9 Å². The molecule has 2 bridgehead atoms. The fraction of sp³-hybridized carbons (Fsp3) is 0.450. The van der Waals surface area contributed by atoms with Crippen LogP contribution in [0.1, 0.15) is 28.1 Å². The van der Waals surface area contributed by atoms with Gasteiger partial charge in [-0.25, -0.2) is 4.98 Å². The van der Waals surface area contributed by atoms with Gasteiger partial charge in [0.05, 0.1) is 28.2 Å². The van der Waals surface area contributed by atoms with Crippen LogP contribution in [0.5, 0.6) is 0 Å². The van der Waals surface area contributed by atoms with E-state index in [1.54, 1.807) is 12.3 Å². The number of thiophene rings is 1. The minimum atomic E-state index is -0.132. The molecule has 27 heavy (non-hydrogen) atoms. The maximum atomic E-state index is 12.3. The molecule has 1 N–H and O–H groups in total. The van der Waals surface area contributed by atoms with E-state index in [1.165, 1.54) is 11.3 Å². The van der Waals surface area contributed by atoms with Crippen LogP contribution in [0.2, 0.25) is 0 Å². The molecule has 0 unspecified atom stereocenters. The lowest BCUT2D eigenvalue weighted by atomic mass is 9.73. The highest BCUT2D eigenvalue weighted by atomic mass is 32.1. The molecule has 0 saturated carbocycles. The molecule has 7 heteroatoms. The second-order valence-corrected chi connectivity index (χ2v) is 8.56. The second kappa shape index (κ2) is 6.32. The van der Waals surface area contributed by atoms with Crippen molar-refractivity contribution in [3.05, 3.63) is 46.3 Å². The van der Waals surface area contributed by atoms with Gasteiger partial charge in [0.25, 0.3) is 5.91 Å². The van der Waals surface area contributed by atoms with Crippen molar-refractivity contribution in [2.45, 2.75) is 24.5 Å². The summed E-state index contributed by atoms with van der Waals surface area (Å²) in [5, 5.41) is 14.2. The third kappa shape index (κ3) is 2.71. The monoisotopic (exact) mass is 380 g/mol. The normalized spacial score (nSPS) is 30.9. The van der Waals surface area contributed by atoms with Crippen LogP contribution in [0.25, 0.3) is 0 Å². The largest absolute Gasteiger partial charge is 0.369 e. The SMILES string of the molecule is N#Cc1ccnc(N2C[C@@H]3[C@H](CNC(=O)c4cccs4)[C@H]4CC[C@]3(C2)O4)c1. The summed E-state index contributed by atoms with van der Waals surface area (Å²) in [6.07, 6.45) is 4.04. The Bertz CT molecular complexity index is 909. The summed E-state index contributed by atoms with van der Waals surface area (Å²) in [6.45, 7) is 2.32. The zero-order valence-electron chi connectivity index (χ0n) is 14.8. The van der Waals surface area contributed by atoms with E-state index in [2.05, 4.69) is 21.3 Å². The van der Waals surface area contributed by atoms with Crippen LogP contribution in [0.15, 0.2) is 35.8 Å². The summed E-state index contributed by atoms with van der Waals surface area (Å²) in [4.78, 5) is 19.8. The predicted octanol–water partition coefficient (Wildman–Crippen LogP) is 2.43. The summed E-state index contributed by atoms with van der Waals surface area (Å²) >= 11 is 1.46. The molecule has 2 aromatic rings. The summed E-state index contributed by atoms with van der Waals surface area (Å²) in [5.74, 6) is 1.55. The molecule has 3 aliphatic heterocycles. The van der Waals surface area contributed by atoms with E-state index in [0.717, 1.165) is 36.6 Å². The van der Waals surface area contributed by atoms with Crippen molar-refractivity contribution in [1.82, 2.24) is 10.3 Å². The maximum absolute atomic E-state index is 12.3. The van der Waals surface area contributed by atoms with E-state index >= 15 is 0 Å². The average Bonchev–Trinajstić information content (AvgIpc) is 3.46. The molecule has 5 heterocycles. The van der Waals surface area contributed by atoms with Gasteiger partial charge in [-0.05, 0) is 36.4 Å². The fourth-order valence-electron chi connectivity index (χ4n) is 5.00. The fourth-order valence-corrected chi connectivity index (χ4v) is 5.64. The van der Waals surface area contributed by atoms with Crippen LogP contribution in [-0.2, 0) is 4.74 Å². The second-order valence-electron chi connectivity index (χ2n) is 7.61. The van der Waals surface area contributed by atoms with Crippen molar-refractivity contribution in [3.8, 4) is 6.07 Å². The number of carbonyl (C=O) groups excluding carboxylic acids is 1. The van der Waals surface area contributed by atoms with E-state index in [9.17, 15) is 4.79 Å². The Kier molecular flexibility index (Phi) is 3.92. The van der Waals surface area contributed by atoms with Crippen molar-refractivity contribution < 1.29 is 9.53 Å². The van der Waals surface area contributed by atoms with Gasteiger partial charge >= 0.3 is 0 Å². The van der Waals surface area contributed by atoms with Crippen molar-refractivity contribution in [1.29, 1.82) is 5.26 Å². The van der Waals surface area contributed by atoms with Gasteiger partial charge in [-0.2, -0.15) is 5.26 Å². The number of carbonyl (C=O) groups is 1. The van der Waals surface area contributed by atoms with Crippen molar-refractivity contribution in [3.63, 3.8) is 0 Å². The van der Waals surface area contributed by atoms with Crippen molar-refractivity contribution in [2.24, 2.45) is 11.8 Å². The first kappa shape index (κ1) is 16.7. The number of fused-ring (bicyclic) bond motifs is 1. The first-order valence-electron chi connectivity index (χ1n) is 9.29. The Morgan fingerprint density at radius 2 is 2.44 bits per heavy atom. The molecular formula is C20H20N4O2S. The summed E-state index contributed by atoms with van der Waals surface area (Å²) in [7, 11) is 0. The lowest BCUT2D eigenvalue weighted by Crippen LogP contribution is -2.41. The van der Waals surface area contributed by atoms with Gasteiger partial charge in [0.2, 0.25) is 0 Å². The molecule has 138 valence electrons.